The number of hydrogen-bond donors (Lipinski definition) is 0. The first-order valence-electron chi connectivity index (χ1n) is 8.68. The van der Waals surface area contributed by atoms with Gasteiger partial charge in [0.25, 0.3) is 0 Å². The summed E-state index contributed by atoms with van der Waals surface area (Å²) in [4.78, 5) is 13.8. The molecule has 0 spiro atoms. The average Bonchev–Trinajstić information content (AvgIpc) is 2.66. The van der Waals surface area contributed by atoms with E-state index >= 15 is 0 Å². The molecule has 0 N–H and O–H groups in total. The number of likely N-dealkylation sites (N-methyl/N-ethyl adjacent to an activating group) is 1. The fourth-order valence-electron chi connectivity index (χ4n) is 2.92. The second-order valence-corrected chi connectivity index (χ2v) is 10.6. The van der Waals surface area contributed by atoms with E-state index in [1.54, 1.807) is 6.07 Å². The Morgan fingerprint density at radius 1 is 1.04 bits per heavy atom. The van der Waals surface area contributed by atoms with Crippen molar-refractivity contribution < 1.29 is 31.1 Å². The third kappa shape index (κ3) is 4.40. The van der Waals surface area contributed by atoms with Crippen molar-refractivity contribution in [2.24, 2.45) is 0 Å². The molecule has 2 heterocycles. The highest BCUT2D eigenvalue weighted by Gasteiger charge is 2.31. The first-order valence-corrected chi connectivity index (χ1v) is 12.0. The van der Waals surface area contributed by atoms with Crippen LogP contribution in [0.3, 0.4) is 0 Å². The number of carbonyl (C=O) groups is 1. The Balaban J connectivity index is 1.65. The molecular weight excluding hydrogens is 410 g/mol. The van der Waals surface area contributed by atoms with E-state index in [0.29, 0.717) is 24.7 Å². The SMILES string of the molecule is CN(CC(=O)N1CCN(S(=O)(=O)c2ccc3c(c2)OCCO3)CC1)S(C)(=O)=O. The second-order valence-electron chi connectivity index (χ2n) is 6.61. The van der Waals surface area contributed by atoms with E-state index in [2.05, 4.69) is 0 Å². The van der Waals surface area contributed by atoms with Crippen LogP contribution in [0.1, 0.15) is 0 Å². The molecule has 12 heteroatoms. The molecule has 0 atom stereocenters. The first kappa shape index (κ1) is 20.8. The molecule has 10 nitrogen and oxygen atoms in total. The smallest absolute Gasteiger partial charge is 0.243 e. The molecule has 0 aromatic heterocycles. The van der Waals surface area contributed by atoms with Crippen LogP contribution in [0.25, 0.3) is 0 Å². The Kier molecular flexibility index (Phi) is 5.84. The van der Waals surface area contributed by atoms with Crippen molar-refractivity contribution in [1.82, 2.24) is 13.5 Å². The molecule has 2 aliphatic heterocycles. The van der Waals surface area contributed by atoms with Crippen LogP contribution in [0.15, 0.2) is 23.1 Å². The van der Waals surface area contributed by atoms with Crippen molar-refractivity contribution >= 4 is 26.0 Å². The van der Waals surface area contributed by atoms with Crippen LogP contribution >= 0.6 is 0 Å². The molecule has 2 aliphatic rings. The third-order valence-corrected chi connectivity index (χ3v) is 7.82. The van der Waals surface area contributed by atoms with E-state index in [4.69, 9.17) is 9.47 Å². The fourth-order valence-corrected chi connectivity index (χ4v) is 4.70. The number of sulfonamides is 2. The number of nitrogens with zero attached hydrogens (tertiary/aromatic N) is 3. The van der Waals surface area contributed by atoms with Gasteiger partial charge in [0.2, 0.25) is 26.0 Å². The number of amides is 1. The zero-order valence-electron chi connectivity index (χ0n) is 15.7. The van der Waals surface area contributed by atoms with Gasteiger partial charge in [-0.25, -0.2) is 16.8 Å². The summed E-state index contributed by atoms with van der Waals surface area (Å²) in [5.41, 5.74) is 0. The predicted molar refractivity (Wildman–Crippen MR) is 100 cm³/mol. The van der Waals surface area contributed by atoms with Gasteiger partial charge < -0.3 is 14.4 Å². The summed E-state index contributed by atoms with van der Waals surface area (Å²) in [6, 6.07) is 4.49. The highest BCUT2D eigenvalue weighted by molar-refractivity contribution is 7.89. The van der Waals surface area contributed by atoms with E-state index in [0.717, 1.165) is 10.6 Å². The Morgan fingerprint density at radius 3 is 2.25 bits per heavy atom. The zero-order chi connectivity index (χ0) is 20.5. The van der Waals surface area contributed by atoms with Gasteiger partial charge in [0.1, 0.15) is 13.2 Å². The summed E-state index contributed by atoms with van der Waals surface area (Å²) in [5, 5.41) is 0. The highest BCUT2D eigenvalue weighted by Crippen LogP contribution is 2.33. The van der Waals surface area contributed by atoms with Crippen molar-refractivity contribution in [1.29, 1.82) is 0 Å². The molecule has 1 fully saturated rings. The zero-order valence-corrected chi connectivity index (χ0v) is 17.3. The lowest BCUT2D eigenvalue weighted by molar-refractivity contribution is -0.132. The quantitative estimate of drug-likeness (QED) is 0.596. The van der Waals surface area contributed by atoms with Crippen molar-refractivity contribution in [3.8, 4) is 11.5 Å². The van der Waals surface area contributed by atoms with Gasteiger partial charge in [0, 0.05) is 39.3 Å². The second kappa shape index (κ2) is 7.85. The van der Waals surface area contributed by atoms with Gasteiger partial charge >= 0.3 is 0 Å². The topological polar surface area (TPSA) is 114 Å². The van der Waals surface area contributed by atoms with Crippen LogP contribution in [-0.2, 0) is 24.8 Å². The van der Waals surface area contributed by atoms with Crippen LogP contribution < -0.4 is 9.47 Å². The molecular formula is C16H23N3O7S2. The van der Waals surface area contributed by atoms with Gasteiger partial charge in [-0.1, -0.05) is 0 Å². The Labute approximate surface area is 164 Å². The van der Waals surface area contributed by atoms with Crippen molar-refractivity contribution in [2.45, 2.75) is 4.90 Å². The van der Waals surface area contributed by atoms with Crippen molar-refractivity contribution in [3.63, 3.8) is 0 Å². The predicted octanol–water partition coefficient (Wildman–Crippen LogP) is -0.818. The fraction of sp³-hybridized carbons (Fsp3) is 0.562. The Morgan fingerprint density at radius 2 is 1.64 bits per heavy atom. The van der Waals surface area contributed by atoms with E-state index in [9.17, 15) is 21.6 Å². The number of ether oxygens (including phenoxy) is 2. The minimum Gasteiger partial charge on any atom is -0.486 e. The Hall–Kier alpha value is -1.89. The van der Waals surface area contributed by atoms with E-state index in [-0.39, 0.29) is 43.5 Å². The molecule has 0 unspecified atom stereocenters. The molecule has 1 saturated heterocycles. The number of benzene rings is 1. The Bertz CT molecular complexity index is 954. The largest absolute Gasteiger partial charge is 0.486 e. The summed E-state index contributed by atoms with van der Waals surface area (Å²) in [6.45, 7) is 1.16. The van der Waals surface area contributed by atoms with Gasteiger partial charge in [-0.2, -0.15) is 8.61 Å². The maximum Gasteiger partial charge on any atom is 0.243 e. The molecule has 156 valence electrons. The van der Waals surface area contributed by atoms with Gasteiger partial charge in [-0.15, -0.1) is 0 Å². The molecule has 1 aromatic rings. The van der Waals surface area contributed by atoms with Crippen molar-refractivity contribution in [2.75, 3.05) is 59.2 Å². The molecule has 1 aromatic carbocycles. The number of hydrogen-bond acceptors (Lipinski definition) is 7. The van der Waals surface area contributed by atoms with Gasteiger partial charge in [0.05, 0.1) is 17.7 Å². The summed E-state index contributed by atoms with van der Waals surface area (Å²) in [6.07, 6.45) is 1.03. The number of rotatable bonds is 5. The molecule has 3 rings (SSSR count). The number of piperazine rings is 1. The molecule has 0 aliphatic carbocycles. The monoisotopic (exact) mass is 433 g/mol. The molecule has 1 amide bonds. The van der Waals surface area contributed by atoms with Crippen LogP contribution in [0.5, 0.6) is 11.5 Å². The normalized spacial score (nSPS) is 18.3. The maximum absolute atomic E-state index is 12.9. The highest BCUT2D eigenvalue weighted by atomic mass is 32.2. The summed E-state index contributed by atoms with van der Waals surface area (Å²) in [5.74, 6) is 0.546. The van der Waals surface area contributed by atoms with E-state index in [1.165, 1.54) is 28.4 Å². The molecule has 28 heavy (non-hydrogen) atoms. The summed E-state index contributed by atoms with van der Waals surface area (Å²) >= 11 is 0. The number of carbonyl (C=O) groups excluding carboxylic acids is 1. The lowest BCUT2D eigenvalue weighted by atomic mass is 10.3. The lowest BCUT2D eigenvalue weighted by Crippen LogP contribution is -2.52. The van der Waals surface area contributed by atoms with Gasteiger partial charge in [0.15, 0.2) is 11.5 Å². The maximum atomic E-state index is 12.9. The lowest BCUT2D eigenvalue weighted by Gasteiger charge is -2.34. The number of fused-ring (bicyclic) bond motifs is 1. The van der Waals surface area contributed by atoms with Crippen LogP contribution in [0, 0.1) is 0 Å². The third-order valence-electron chi connectivity index (χ3n) is 4.67. The first-order chi connectivity index (χ1) is 13.1. The van der Waals surface area contributed by atoms with E-state index in [1.807, 2.05) is 0 Å². The van der Waals surface area contributed by atoms with E-state index < -0.39 is 20.0 Å². The summed E-state index contributed by atoms with van der Waals surface area (Å²) in [7, 11) is -5.87. The van der Waals surface area contributed by atoms with Gasteiger partial charge in [-0.05, 0) is 12.1 Å². The minimum atomic E-state index is -3.74. The van der Waals surface area contributed by atoms with Crippen LogP contribution in [-0.4, -0.2) is 95.5 Å². The average molecular weight is 434 g/mol. The standard InChI is InChI=1S/C16H23N3O7S2/c1-17(27(2,21)22)12-16(20)18-5-7-19(8-6-18)28(23,24)13-3-4-14-15(11-13)26-10-9-25-14/h3-4,11H,5-10,12H2,1-2H3. The molecule has 0 saturated carbocycles. The minimum absolute atomic E-state index is 0.105. The van der Waals surface area contributed by atoms with Gasteiger partial charge in [-0.3, -0.25) is 4.79 Å². The van der Waals surface area contributed by atoms with Crippen LogP contribution in [0.2, 0.25) is 0 Å². The van der Waals surface area contributed by atoms with Crippen LogP contribution in [0.4, 0.5) is 0 Å². The van der Waals surface area contributed by atoms with Crippen molar-refractivity contribution in [3.05, 3.63) is 18.2 Å². The molecule has 0 bridgehead atoms. The summed E-state index contributed by atoms with van der Waals surface area (Å²) < 4.78 is 61.8. The molecule has 0 radical (unpaired) electrons.